The average Bonchev–Trinajstić information content (AvgIpc) is 2.93. The van der Waals surface area contributed by atoms with Gasteiger partial charge >= 0.3 is 0 Å². The van der Waals surface area contributed by atoms with Gasteiger partial charge in [-0.3, -0.25) is 9.59 Å². The molecule has 2 amide bonds. The van der Waals surface area contributed by atoms with Crippen LogP contribution in [0, 0.1) is 0 Å². The van der Waals surface area contributed by atoms with Gasteiger partial charge in [-0.2, -0.15) is 0 Å². The molecule has 2 aliphatic heterocycles. The number of phenolic OH excluding ortho intramolecular Hbond substituents is 1. The predicted octanol–water partition coefficient (Wildman–Crippen LogP) is 1.31. The second-order valence-electron chi connectivity index (χ2n) is 5.74. The van der Waals surface area contributed by atoms with E-state index in [1.165, 1.54) is 12.1 Å². The summed E-state index contributed by atoms with van der Waals surface area (Å²) in [7, 11) is 0. The molecule has 0 radical (unpaired) electrons. The number of nitrogens with one attached hydrogen (secondary N) is 2. The minimum atomic E-state index is -1.42. The Bertz CT molecular complexity index is 863. The van der Waals surface area contributed by atoms with E-state index in [0.717, 1.165) is 5.56 Å². The van der Waals surface area contributed by atoms with Crippen LogP contribution in [0.2, 0.25) is 0 Å². The molecule has 2 aliphatic rings. The maximum Gasteiger partial charge on any atom is 0.290 e. The number of carbonyl (C=O) groups is 2. The molecular weight excluding hydrogens is 308 g/mol. The van der Waals surface area contributed by atoms with Crippen LogP contribution in [0.5, 0.6) is 11.5 Å². The first-order valence-electron chi connectivity index (χ1n) is 7.48. The number of benzene rings is 2. The number of hydrogen-bond donors (Lipinski definition) is 3. The zero-order valence-electron chi connectivity index (χ0n) is 12.6. The molecule has 24 heavy (non-hydrogen) atoms. The Morgan fingerprint density at radius 1 is 1.08 bits per heavy atom. The summed E-state index contributed by atoms with van der Waals surface area (Å²) in [5, 5.41) is 15.0. The largest absolute Gasteiger partial charge is 0.507 e. The summed E-state index contributed by atoms with van der Waals surface area (Å²) in [6, 6.07) is 13.8. The molecule has 1 saturated heterocycles. The van der Waals surface area contributed by atoms with Crippen molar-refractivity contribution >= 4 is 17.9 Å². The maximum atomic E-state index is 12.6. The van der Waals surface area contributed by atoms with Crippen molar-refractivity contribution in [2.45, 2.75) is 12.1 Å². The summed E-state index contributed by atoms with van der Waals surface area (Å²) in [6.07, 6.45) is 1.70. The van der Waals surface area contributed by atoms with Crippen LogP contribution in [-0.4, -0.2) is 22.6 Å². The van der Waals surface area contributed by atoms with Crippen LogP contribution in [0.25, 0.3) is 6.08 Å². The molecule has 2 aromatic carbocycles. The lowest BCUT2D eigenvalue weighted by molar-refractivity contribution is -0.146. The molecule has 1 spiro atoms. The molecule has 0 aromatic heterocycles. The summed E-state index contributed by atoms with van der Waals surface area (Å²) in [4.78, 5) is 25.0. The predicted molar refractivity (Wildman–Crippen MR) is 85.9 cm³/mol. The standard InChI is InChI=1S/C18H14N2O4/c21-14-7-3-1-5-11(14)9-13-16(22)20-18(17(23)19-13)10-12-6-2-4-8-15(12)24-18/h1-9,21H,10H2,(H,19,23)(H,20,22). The van der Waals surface area contributed by atoms with E-state index in [4.69, 9.17) is 4.74 Å². The fraction of sp³-hybridized carbons (Fsp3) is 0.111. The van der Waals surface area contributed by atoms with Gasteiger partial charge in [0, 0.05) is 17.5 Å². The zero-order chi connectivity index (χ0) is 16.7. The van der Waals surface area contributed by atoms with Crippen LogP contribution >= 0.6 is 0 Å². The Morgan fingerprint density at radius 2 is 1.83 bits per heavy atom. The number of aromatic hydroxyl groups is 1. The monoisotopic (exact) mass is 322 g/mol. The number of piperazine rings is 1. The number of carbonyl (C=O) groups excluding carboxylic acids is 2. The van der Waals surface area contributed by atoms with E-state index in [-0.39, 0.29) is 17.9 Å². The van der Waals surface area contributed by atoms with Gasteiger partial charge in [-0.15, -0.1) is 0 Å². The molecule has 6 nitrogen and oxygen atoms in total. The highest BCUT2D eigenvalue weighted by atomic mass is 16.5. The van der Waals surface area contributed by atoms with Gasteiger partial charge in [-0.1, -0.05) is 36.4 Å². The van der Waals surface area contributed by atoms with Crippen molar-refractivity contribution in [1.29, 1.82) is 0 Å². The van der Waals surface area contributed by atoms with Crippen molar-refractivity contribution < 1.29 is 19.4 Å². The van der Waals surface area contributed by atoms with Crippen LogP contribution in [0.1, 0.15) is 11.1 Å². The number of ether oxygens (including phenoxy) is 1. The molecule has 2 aromatic rings. The summed E-state index contributed by atoms with van der Waals surface area (Å²) in [6.45, 7) is 0. The van der Waals surface area contributed by atoms with Gasteiger partial charge in [0.1, 0.15) is 17.2 Å². The molecule has 1 atom stereocenters. The van der Waals surface area contributed by atoms with Gasteiger partial charge in [0.25, 0.3) is 17.5 Å². The SMILES string of the molecule is O=C1NC2(Cc3ccccc3O2)C(=O)NC1=Cc1ccccc1O. The van der Waals surface area contributed by atoms with Crippen molar-refractivity contribution in [3.8, 4) is 11.5 Å². The number of hydrogen-bond acceptors (Lipinski definition) is 4. The molecule has 1 unspecified atom stereocenters. The van der Waals surface area contributed by atoms with Crippen molar-refractivity contribution in [2.75, 3.05) is 0 Å². The molecule has 0 bridgehead atoms. The quantitative estimate of drug-likeness (QED) is 0.691. The molecule has 6 heteroatoms. The molecule has 3 N–H and O–H groups in total. The third kappa shape index (κ3) is 2.20. The van der Waals surface area contributed by atoms with Gasteiger partial charge in [0.2, 0.25) is 0 Å². The average molecular weight is 322 g/mol. The van der Waals surface area contributed by atoms with Crippen LogP contribution < -0.4 is 15.4 Å². The van der Waals surface area contributed by atoms with Crippen molar-refractivity contribution in [2.24, 2.45) is 0 Å². The van der Waals surface area contributed by atoms with E-state index in [9.17, 15) is 14.7 Å². The second kappa shape index (κ2) is 5.13. The topological polar surface area (TPSA) is 87.7 Å². The van der Waals surface area contributed by atoms with Gasteiger partial charge in [0.05, 0.1) is 0 Å². The fourth-order valence-corrected chi connectivity index (χ4v) is 2.89. The van der Waals surface area contributed by atoms with E-state index in [0.29, 0.717) is 11.3 Å². The summed E-state index contributed by atoms with van der Waals surface area (Å²) in [5.41, 5.74) is -0.0566. The Labute approximate surface area is 137 Å². The van der Waals surface area contributed by atoms with E-state index < -0.39 is 17.5 Å². The van der Waals surface area contributed by atoms with Crippen molar-refractivity contribution in [1.82, 2.24) is 10.6 Å². The highest BCUT2D eigenvalue weighted by molar-refractivity contribution is 6.09. The smallest absolute Gasteiger partial charge is 0.290 e. The highest BCUT2D eigenvalue weighted by Crippen LogP contribution is 2.35. The first-order chi connectivity index (χ1) is 11.6. The molecule has 120 valence electrons. The third-order valence-corrected chi connectivity index (χ3v) is 4.11. The first-order valence-corrected chi connectivity index (χ1v) is 7.48. The van der Waals surface area contributed by atoms with Gasteiger partial charge < -0.3 is 20.5 Å². The Balaban J connectivity index is 1.63. The molecule has 2 heterocycles. The lowest BCUT2D eigenvalue weighted by Crippen LogP contribution is -2.67. The minimum Gasteiger partial charge on any atom is -0.507 e. The Morgan fingerprint density at radius 3 is 2.62 bits per heavy atom. The third-order valence-electron chi connectivity index (χ3n) is 4.11. The van der Waals surface area contributed by atoms with Gasteiger partial charge in [-0.25, -0.2) is 0 Å². The number of rotatable bonds is 1. The minimum absolute atomic E-state index is 0.0249. The second-order valence-corrected chi connectivity index (χ2v) is 5.74. The van der Waals surface area contributed by atoms with E-state index in [1.807, 2.05) is 18.2 Å². The summed E-state index contributed by atoms with van der Waals surface area (Å²) in [5.74, 6) is -0.302. The number of amides is 2. The summed E-state index contributed by atoms with van der Waals surface area (Å²) < 4.78 is 5.72. The van der Waals surface area contributed by atoms with E-state index in [1.54, 1.807) is 24.3 Å². The van der Waals surface area contributed by atoms with Gasteiger partial charge in [0.15, 0.2) is 0 Å². The highest BCUT2D eigenvalue weighted by Gasteiger charge is 2.51. The molecule has 0 aliphatic carbocycles. The number of fused-ring (bicyclic) bond motifs is 1. The van der Waals surface area contributed by atoms with Crippen LogP contribution in [0.4, 0.5) is 0 Å². The normalized spacial score (nSPS) is 23.6. The fourth-order valence-electron chi connectivity index (χ4n) is 2.89. The number of para-hydroxylation sites is 2. The Kier molecular flexibility index (Phi) is 3.06. The molecule has 0 saturated carbocycles. The number of phenols is 1. The van der Waals surface area contributed by atoms with E-state index >= 15 is 0 Å². The zero-order valence-corrected chi connectivity index (χ0v) is 12.6. The maximum absolute atomic E-state index is 12.6. The lowest BCUT2D eigenvalue weighted by atomic mass is 10.0. The lowest BCUT2D eigenvalue weighted by Gasteiger charge is -2.33. The van der Waals surface area contributed by atoms with E-state index in [2.05, 4.69) is 10.6 Å². The molecule has 4 rings (SSSR count). The molecular formula is C18H14N2O4. The van der Waals surface area contributed by atoms with Crippen LogP contribution in [0.3, 0.4) is 0 Å². The van der Waals surface area contributed by atoms with Crippen LogP contribution in [-0.2, 0) is 16.0 Å². The van der Waals surface area contributed by atoms with Gasteiger partial charge in [-0.05, 0) is 18.2 Å². The van der Waals surface area contributed by atoms with Crippen molar-refractivity contribution in [3.63, 3.8) is 0 Å². The van der Waals surface area contributed by atoms with Crippen LogP contribution in [0.15, 0.2) is 54.2 Å². The van der Waals surface area contributed by atoms with Crippen molar-refractivity contribution in [3.05, 3.63) is 65.4 Å². The Hall–Kier alpha value is -3.28. The summed E-state index contributed by atoms with van der Waals surface area (Å²) >= 11 is 0. The molecule has 1 fully saturated rings. The first kappa shape index (κ1) is 14.3.